The van der Waals surface area contributed by atoms with Crippen molar-refractivity contribution in [2.45, 2.75) is 52.3 Å². The number of hydrogen-bond donors (Lipinski definition) is 0. The molecule has 1 fully saturated rings. The Labute approximate surface area is 174 Å². The Hall–Kier alpha value is -3.20. The average Bonchev–Trinajstić information content (AvgIpc) is 2.64. The maximum absolute atomic E-state index is 12.2. The SMILES string of the molecule is C=C(C)C(=O)OC1COC(OC(=O)C(=C)C)[C@@H](OC(=O)C(=C)C)[C@@H]1OC(=O)C(=C)C. The number of ether oxygens (including phenoxy) is 5. The number of carbonyl (C=O) groups excluding carboxylic acids is 4. The van der Waals surface area contributed by atoms with Crippen LogP contribution in [-0.2, 0) is 42.9 Å². The molecule has 0 N–H and O–H groups in total. The van der Waals surface area contributed by atoms with Crippen LogP contribution in [-0.4, -0.2) is 55.1 Å². The fourth-order valence-corrected chi connectivity index (χ4v) is 2.11. The van der Waals surface area contributed by atoms with E-state index in [9.17, 15) is 19.2 Å². The number of esters is 4. The Morgan fingerprint density at radius 1 is 0.633 bits per heavy atom. The van der Waals surface area contributed by atoms with E-state index in [2.05, 4.69) is 26.3 Å². The first-order valence-corrected chi connectivity index (χ1v) is 8.92. The zero-order valence-corrected chi connectivity index (χ0v) is 17.5. The van der Waals surface area contributed by atoms with Crippen molar-refractivity contribution in [3.63, 3.8) is 0 Å². The van der Waals surface area contributed by atoms with E-state index in [1.54, 1.807) is 0 Å². The van der Waals surface area contributed by atoms with Crippen molar-refractivity contribution in [3.8, 4) is 0 Å². The van der Waals surface area contributed by atoms with Gasteiger partial charge in [-0.1, -0.05) is 26.3 Å². The Morgan fingerprint density at radius 3 is 1.43 bits per heavy atom. The monoisotopic (exact) mass is 422 g/mol. The molecule has 1 saturated heterocycles. The summed E-state index contributed by atoms with van der Waals surface area (Å²) in [6.07, 6.45) is -5.46. The van der Waals surface area contributed by atoms with Crippen molar-refractivity contribution >= 4 is 23.9 Å². The fourth-order valence-electron chi connectivity index (χ4n) is 2.11. The van der Waals surface area contributed by atoms with Gasteiger partial charge in [0.15, 0.2) is 12.2 Å². The van der Waals surface area contributed by atoms with Crippen LogP contribution in [0.4, 0.5) is 0 Å². The topological polar surface area (TPSA) is 114 Å². The predicted molar refractivity (Wildman–Crippen MR) is 105 cm³/mol. The lowest BCUT2D eigenvalue weighted by molar-refractivity contribution is -0.272. The van der Waals surface area contributed by atoms with E-state index in [1.807, 2.05) is 0 Å². The fraction of sp³-hybridized carbons (Fsp3) is 0.429. The first-order chi connectivity index (χ1) is 13.8. The summed E-state index contributed by atoms with van der Waals surface area (Å²) in [5, 5.41) is 0. The van der Waals surface area contributed by atoms with Crippen LogP contribution in [0, 0.1) is 0 Å². The minimum atomic E-state index is -1.46. The van der Waals surface area contributed by atoms with Crippen molar-refractivity contribution in [3.05, 3.63) is 48.6 Å². The predicted octanol–water partition coefficient (Wildman–Crippen LogP) is 1.93. The van der Waals surface area contributed by atoms with E-state index in [4.69, 9.17) is 23.7 Å². The van der Waals surface area contributed by atoms with Crippen molar-refractivity contribution in [2.75, 3.05) is 6.61 Å². The van der Waals surface area contributed by atoms with Gasteiger partial charge in [-0.25, -0.2) is 19.2 Å². The third-order valence-corrected chi connectivity index (χ3v) is 3.74. The summed E-state index contributed by atoms with van der Waals surface area (Å²) in [4.78, 5) is 48.3. The lowest BCUT2D eigenvalue weighted by Gasteiger charge is -2.40. The first-order valence-electron chi connectivity index (χ1n) is 8.92. The molecule has 4 atom stereocenters. The standard InChI is InChI=1S/C21H26O9/c1-10(2)17(22)27-14-9-26-21(30-20(25)13(7)8)16(29-19(24)12(5)6)15(14)28-18(23)11(3)4/h14-16,21H,1,3,5,7,9H2,2,4,6,8H3/t14?,15-,16+,21?/m1/s1. The molecule has 0 radical (unpaired) electrons. The minimum Gasteiger partial charge on any atom is -0.452 e. The smallest absolute Gasteiger partial charge is 0.335 e. The Bertz CT molecular complexity index is 726. The van der Waals surface area contributed by atoms with Gasteiger partial charge in [-0.05, 0) is 27.7 Å². The van der Waals surface area contributed by atoms with Gasteiger partial charge in [-0.3, -0.25) is 0 Å². The second kappa shape index (κ2) is 10.5. The molecule has 0 bridgehead atoms. The molecule has 0 aromatic rings. The van der Waals surface area contributed by atoms with Gasteiger partial charge >= 0.3 is 23.9 Å². The summed E-state index contributed by atoms with van der Waals surface area (Å²) in [7, 11) is 0. The van der Waals surface area contributed by atoms with Crippen LogP contribution >= 0.6 is 0 Å². The lowest BCUT2D eigenvalue weighted by atomic mass is 10.0. The zero-order valence-electron chi connectivity index (χ0n) is 17.5. The molecule has 1 aliphatic heterocycles. The third-order valence-electron chi connectivity index (χ3n) is 3.74. The van der Waals surface area contributed by atoms with Crippen LogP contribution in [0.25, 0.3) is 0 Å². The molecule has 2 unspecified atom stereocenters. The van der Waals surface area contributed by atoms with Gasteiger partial charge in [0.25, 0.3) is 0 Å². The number of carbonyl (C=O) groups is 4. The first kappa shape index (κ1) is 24.8. The maximum Gasteiger partial charge on any atom is 0.335 e. The molecule has 1 heterocycles. The highest BCUT2D eigenvalue weighted by Gasteiger charge is 2.49. The van der Waals surface area contributed by atoms with E-state index in [0.717, 1.165) is 0 Å². The van der Waals surface area contributed by atoms with Crippen LogP contribution in [0.2, 0.25) is 0 Å². The molecule has 9 heteroatoms. The van der Waals surface area contributed by atoms with Gasteiger partial charge in [0.05, 0.1) is 6.61 Å². The Morgan fingerprint density at radius 2 is 1.00 bits per heavy atom. The normalized spacial score (nSPS) is 22.8. The summed E-state index contributed by atoms with van der Waals surface area (Å²) in [5.41, 5.74) is 0.235. The second-order valence-corrected chi connectivity index (χ2v) is 6.91. The minimum absolute atomic E-state index is 0.0333. The zero-order chi connectivity index (χ0) is 23.2. The van der Waals surface area contributed by atoms with Crippen LogP contribution in [0.5, 0.6) is 0 Å². The van der Waals surface area contributed by atoms with Gasteiger partial charge in [-0.2, -0.15) is 0 Å². The van der Waals surface area contributed by atoms with Gasteiger partial charge in [-0.15, -0.1) is 0 Å². The quantitative estimate of drug-likeness (QED) is 0.329. The molecule has 0 aliphatic carbocycles. The summed E-state index contributed by atoms with van der Waals surface area (Å²) in [5.74, 6) is -3.29. The van der Waals surface area contributed by atoms with Crippen molar-refractivity contribution in [2.24, 2.45) is 0 Å². The van der Waals surface area contributed by atoms with E-state index in [0.29, 0.717) is 0 Å². The Balaban J connectivity index is 3.32. The molecule has 30 heavy (non-hydrogen) atoms. The van der Waals surface area contributed by atoms with Gasteiger partial charge in [0.2, 0.25) is 12.4 Å². The van der Waals surface area contributed by atoms with E-state index in [1.165, 1.54) is 27.7 Å². The highest BCUT2D eigenvalue weighted by molar-refractivity contribution is 5.89. The highest BCUT2D eigenvalue weighted by Crippen LogP contribution is 2.27. The van der Waals surface area contributed by atoms with Crippen LogP contribution in [0.3, 0.4) is 0 Å². The van der Waals surface area contributed by atoms with Gasteiger partial charge < -0.3 is 23.7 Å². The molecule has 0 saturated carbocycles. The van der Waals surface area contributed by atoms with Crippen molar-refractivity contribution in [1.82, 2.24) is 0 Å². The van der Waals surface area contributed by atoms with E-state index in [-0.39, 0.29) is 28.9 Å². The lowest BCUT2D eigenvalue weighted by Crippen LogP contribution is -2.58. The summed E-state index contributed by atoms with van der Waals surface area (Å²) in [6, 6.07) is 0. The molecular weight excluding hydrogens is 396 g/mol. The molecule has 1 rings (SSSR count). The van der Waals surface area contributed by atoms with Crippen molar-refractivity contribution < 1.29 is 42.9 Å². The summed E-state index contributed by atoms with van der Waals surface area (Å²) >= 11 is 0. The maximum atomic E-state index is 12.2. The molecular formula is C21H26O9. The highest BCUT2D eigenvalue weighted by atomic mass is 16.7. The molecule has 9 nitrogen and oxygen atoms in total. The second-order valence-electron chi connectivity index (χ2n) is 6.91. The molecule has 0 amide bonds. The largest absolute Gasteiger partial charge is 0.452 e. The van der Waals surface area contributed by atoms with Crippen LogP contribution in [0.15, 0.2) is 48.6 Å². The number of rotatable bonds is 8. The van der Waals surface area contributed by atoms with Crippen molar-refractivity contribution in [1.29, 1.82) is 0 Å². The molecule has 0 spiro atoms. The molecule has 0 aromatic carbocycles. The average molecular weight is 422 g/mol. The van der Waals surface area contributed by atoms with E-state index >= 15 is 0 Å². The number of hydrogen-bond acceptors (Lipinski definition) is 9. The van der Waals surface area contributed by atoms with Gasteiger partial charge in [0.1, 0.15) is 0 Å². The Kier molecular flexibility index (Phi) is 8.73. The summed E-state index contributed by atoms with van der Waals surface area (Å²) < 4.78 is 26.6. The van der Waals surface area contributed by atoms with Gasteiger partial charge in [0, 0.05) is 22.3 Å². The van der Waals surface area contributed by atoms with Crippen LogP contribution < -0.4 is 0 Å². The molecule has 0 aromatic heterocycles. The molecule has 164 valence electrons. The van der Waals surface area contributed by atoms with Crippen LogP contribution in [0.1, 0.15) is 27.7 Å². The third kappa shape index (κ3) is 6.70. The summed E-state index contributed by atoms with van der Waals surface area (Å²) in [6.45, 7) is 19.3. The van der Waals surface area contributed by atoms with E-state index < -0.39 is 48.5 Å². The molecule has 1 aliphatic rings.